The summed E-state index contributed by atoms with van der Waals surface area (Å²) in [6.07, 6.45) is 3.77. The standard InChI is InChI=1S/C22H24ClN3O5.C22H26ClN3O4.CH2O2.Zn/c1-14(2)31-18-12-24-20-19(17(18)11-15-5-7-16(23)8-6-15)21(28)26(22(29)25(20)3)9-4-10-30-13-27;1-5-6-11-26-21(28)18-17(19(27)14-7-9-15(23)10-8-14)16(30-13(2)3)12-24-20(18)25(4)22(26)29;2-1-3;/h5-8,12-14H,4,9-11H2,1-3H3;7-10,12-13,19,27H,5-6,11H2,1-4H3;1H,(H,2,3);. The molecule has 344 valence electrons. The van der Waals surface area contributed by atoms with Gasteiger partial charge in [0.05, 0.1) is 42.0 Å². The van der Waals surface area contributed by atoms with Crippen molar-refractivity contribution in [1.82, 2.24) is 28.2 Å². The number of hydrogen-bond acceptors (Lipinski definition) is 12. The number of hydrogen-bond donors (Lipinski definition) is 2. The van der Waals surface area contributed by atoms with Crippen molar-refractivity contribution in [3.05, 3.63) is 135 Å². The van der Waals surface area contributed by atoms with Crippen LogP contribution in [0, 0.1) is 0 Å². The molecule has 0 radical (unpaired) electrons. The van der Waals surface area contributed by atoms with E-state index >= 15 is 0 Å². The van der Waals surface area contributed by atoms with Crippen molar-refractivity contribution in [3.8, 4) is 11.5 Å². The van der Waals surface area contributed by atoms with E-state index in [1.165, 1.54) is 19.9 Å². The number of aliphatic hydroxyl groups is 1. The molecule has 1 unspecified atom stereocenters. The Hall–Kier alpha value is -5.68. The molecule has 0 saturated carbocycles. The summed E-state index contributed by atoms with van der Waals surface area (Å²) < 4.78 is 21.5. The molecule has 2 N–H and O–H groups in total. The van der Waals surface area contributed by atoms with E-state index in [9.17, 15) is 29.1 Å². The minimum absolute atomic E-state index is 0. The summed E-state index contributed by atoms with van der Waals surface area (Å²) in [6, 6.07) is 14.0. The first-order chi connectivity index (χ1) is 30.5. The Morgan fingerprint density at radius 3 is 1.69 bits per heavy atom. The number of fused-ring (bicyclic) bond motifs is 2. The number of halogens is 2. The third-order valence-corrected chi connectivity index (χ3v) is 10.2. The summed E-state index contributed by atoms with van der Waals surface area (Å²) in [5.74, 6) is 0.793. The zero-order valence-electron chi connectivity index (χ0n) is 37.3. The van der Waals surface area contributed by atoms with Crippen molar-refractivity contribution in [2.45, 2.75) is 91.7 Å². The minimum Gasteiger partial charge on any atom is -0.489 e. The Bertz CT molecular complexity index is 2810. The van der Waals surface area contributed by atoms with E-state index in [2.05, 4.69) is 14.7 Å². The molecule has 17 nitrogen and oxygen atoms in total. The van der Waals surface area contributed by atoms with Crippen LogP contribution in [0.5, 0.6) is 11.5 Å². The molecule has 0 aliphatic heterocycles. The summed E-state index contributed by atoms with van der Waals surface area (Å²) in [6.45, 7) is 10.1. The van der Waals surface area contributed by atoms with Gasteiger partial charge in [-0.15, -0.1) is 0 Å². The van der Waals surface area contributed by atoms with Gasteiger partial charge >= 0.3 is 11.4 Å². The van der Waals surface area contributed by atoms with Crippen LogP contribution in [0.1, 0.15) is 82.2 Å². The second kappa shape index (κ2) is 25.1. The van der Waals surface area contributed by atoms with Crippen LogP contribution in [0.25, 0.3) is 22.1 Å². The largest absolute Gasteiger partial charge is 0.489 e. The molecule has 0 aliphatic carbocycles. The summed E-state index contributed by atoms with van der Waals surface area (Å²) >= 11 is 12.0. The molecule has 2 aromatic carbocycles. The van der Waals surface area contributed by atoms with Crippen molar-refractivity contribution >= 4 is 58.2 Å². The Labute approximate surface area is 396 Å². The minimum atomic E-state index is -1.16. The Morgan fingerprint density at radius 1 is 0.723 bits per heavy atom. The maximum atomic E-state index is 13.4. The van der Waals surface area contributed by atoms with Crippen molar-refractivity contribution in [2.24, 2.45) is 14.1 Å². The van der Waals surface area contributed by atoms with E-state index < -0.39 is 28.6 Å². The number of carbonyl (C=O) groups excluding carboxylic acids is 1. The first-order valence-electron chi connectivity index (χ1n) is 20.4. The number of nitrogens with zero attached hydrogens (tertiary/aromatic N) is 6. The normalized spacial score (nSPS) is 11.3. The molecule has 0 spiro atoms. The molecule has 6 aromatic rings. The zero-order chi connectivity index (χ0) is 47.2. The number of carbonyl (C=O) groups is 2. The van der Waals surface area contributed by atoms with Gasteiger partial charge in [-0.3, -0.25) is 37.4 Å². The quantitative estimate of drug-likeness (QED) is 0.0667. The summed E-state index contributed by atoms with van der Waals surface area (Å²) in [5.41, 5.74) is 1.08. The number of rotatable bonds is 16. The van der Waals surface area contributed by atoms with E-state index in [1.807, 2.05) is 46.8 Å². The van der Waals surface area contributed by atoms with Gasteiger partial charge in [0.2, 0.25) is 0 Å². The molecule has 0 saturated heterocycles. The van der Waals surface area contributed by atoms with E-state index in [4.69, 9.17) is 42.6 Å². The molecule has 4 aromatic heterocycles. The van der Waals surface area contributed by atoms with E-state index in [1.54, 1.807) is 56.7 Å². The predicted molar refractivity (Wildman–Crippen MR) is 244 cm³/mol. The van der Waals surface area contributed by atoms with Crippen molar-refractivity contribution in [3.63, 3.8) is 0 Å². The molecule has 4 heterocycles. The number of ether oxygens (including phenoxy) is 3. The van der Waals surface area contributed by atoms with Gasteiger partial charge in [0.25, 0.3) is 24.1 Å². The van der Waals surface area contributed by atoms with Crippen LogP contribution < -0.4 is 32.0 Å². The second-order valence-corrected chi connectivity index (χ2v) is 15.9. The molecule has 6 rings (SSSR count). The van der Waals surface area contributed by atoms with Crippen LogP contribution in [-0.4, -0.2) is 70.2 Å². The maximum absolute atomic E-state index is 13.4. The van der Waals surface area contributed by atoms with Crippen molar-refractivity contribution in [1.29, 1.82) is 0 Å². The maximum Gasteiger partial charge on any atom is 0.332 e. The number of benzene rings is 2. The van der Waals surface area contributed by atoms with Crippen molar-refractivity contribution < 1.29 is 53.5 Å². The predicted octanol–water partition coefficient (Wildman–Crippen LogP) is 5.81. The third kappa shape index (κ3) is 13.2. The second-order valence-electron chi connectivity index (χ2n) is 15.0. The summed E-state index contributed by atoms with van der Waals surface area (Å²) in [4.78, 5) is 79.7. The number of pyridine rings is 2. The Kier molecular flexibility index (Phi) is 20.7. The zero-order valence-corrected chi connectivity index (χ0v) is 41.8. The molecule has 0 aliphatic rings. The molecule has 0 fully saturated rings. The average Bonchev–Trinajstić information content (AvgIpc) is 3.26. The van der Waals surface area contributed by atoms with Gasteiger partial charge in [-0.1, -0.05) is 60.8 Å². The molecule has 0 amide bonds. The fraction of sp³-hybridized carbons (Fsp3) is 0.378. The van der Waals surface area contributed by atoms with E-state index in [0.29, 0.717) is 75.9 Å². The topological polar surface area (TPSA) is 216 Å². The fourth-order valence-electron chi connectivity index (χ4n) is 6.78. The van der Waals surface area contributed by atoms with Gasteiger partial charge in [-0.25, -0.2) is 19.6 Å². The molecule has 65 heavy (non-hydrogen) atoms. The van der Waals surface area contributed by atoms with Gasteiger partial charge in [-0.05, 0) is 75.9 Å². The van der Waals surface area contributed by atoms with E-state index in [-0.39, 0.29) is 68.0 Å². The summed E-state index contributed by atoms with van der Waals surface area (Å²) in [5, 5.41) is 19.8. The van der Waals surface area contributed by atoms with Crippen LogP contribution in [0.3, 0.4) is 0 Å². The van der Waals surface area contributed by atoms with Crippen LogP contribution >= 0.6 is 23.2 Å². The molecule has 1 atom stereocenters. The van der Waals surface area contributed by atoms with Gasteiger partial charge in [-0.2, -0.15) is 0 Å². The average molecular weight is 989 g/mol. The van der Waals surface area contributed by atoms with Crippen molar-refractivity contribution in [2.75, 3.05) is 6.61 Å². The number of aromatic nitrogens is 6. The summed E-state index contributed by atoms with van der Waals surface area (Å²) in [7, 11) is 3.14. The van der Waals surface area contributed by atoms with Gasteiger partial charge in [0.1, 0.15) is 28.9 Å². The Morgan fingerprint density at radius 2 is 1.18 bits per heavy atom. The number of aliphatic hydroxyl groups excluding tert-OH is 1. The third-order valence-electron chi connectivity index (χ3n) is 9.70. The van der Waals surface area contributed by atoms with Gasteiger partial charge in [0.15, 0.2) is 0 Å². The Balaban J connectivity index is 0.000000321. The SMILES string of the molecule is CC(C)Oc1cnc2c(c1Cc1ccc(Cl)cc1)c(=O)n(CCCOC=O)c(=O)n2C.CCCCn1c(=O)c2c(C(O)c3ccc(Cl)cc3)c(OC(C)C)cnc2n(C)c1=O.O=CO.[Zn]. The molecule has 20 heteroatoms. The number of carboxylic acid groups (broad SMARTS) is 1. The number of unbranched alkanes of at least 4 members (excludes halogenated alkanes) is 1. The first-order valence-corrected chi connectivity index (χ1v) is 21.1. The molecular weight excluding hydrogens is 937 g/mol. The molecule has 0 bridgehead atoms. The van der Waals surface area contributed by atoms with Crippen LogP contribution in [0.4, 0.5) is 0 Å². The van der Waals surface area contributed by atoms with Crippen LogP contribution in [-0.2, 0) is 67.4 Å². The first kappa shape index (κ1) is 53.7. The fourth-order valence-corrected chi connectivity index (χ4v) is 7.03. The van der Waals surface area contributed by atoms with E-state index in [0.717, 1.165) is 16.6 Å². The smallest absolute Gasteiger partial charge is 0.332 e. The van der Waals surface area contributed by atoms with Crippen LogP contribution in [0.2, 0.25) is 10.0 Å². The van der Waals surface area contributed by atoms with Gasteiger partial charge in [0, 0.05) is 74.3 Å². The van der Waals surface area contributed by atoms with Gasteiger partial charge < -0.3 is 24.4 Å². The molecular formula is C45H52Cl2N6O11Zn. The van der Waals surface area contributed by atoms with Crippen LogP contribution in [0.15, 0.2) is 80.1 Å². The number of aryl methyl sites for hydroxylation is 2. The monoisotopic (exact) mass is 986 g/mol.